The Bertz CT molecular complexity index is 1490. The van der Waals surface area contributed by atoms with Gasteiger partial charge in [-0.2, -0.15) is 0 Å². The lowest BCUT2D eigenvalue weighted by atomic mass is 9.95. The fourth-order valence-corrected chi connectivity index (χ4v) is 5.44. The van der Waals surface area contributed by atoms with Crippen molar-refractivity contribution in [3.63, 3.8) is 0 Å². The summed E-state index contributed by atoms with van der Waals surface area (Å²) in [7, 11) is 5.51. The molecule has 2 aromatic carbocycles. The Morgan fingerprint density at radius 1 is 1.23 bits per heavy atom. The molecule has 7 nitrogen and oxygen atoms in total. The molecule has 0 fully saturated rings. The predicted molar refractivity (Wildman–Crippen MR) is 142 cm³/mol. The number of hydrogen-bond donors (Lipinski definition) is 0. The van der Waals surface area contributed by atoms with Crippen LogP contribution >= 0.6 is 27.3 Å². The second kappa shape index (κ2) is 10.2. The molecule has 0 amide bonds. The molecule has 182 valence electrons. The van der Waals surface area contributed by atoms with E-state index in [-0.39, 0.29) is 12.2 Å². The van der Waals surface area contributed by atoms with E-state index in [0.717, 1.165) is 21.3 Å². The molecular weight excluding hydrogens is 530 g/mol. The first-order valence-corrected chi connectivity index (χ1v) is 12.7. The minimum Gasteiger partial charge on any atom is -0.496 e. The summed E-state index contributed by atoms with van der Waals surface area (Å²) in [6.45, 7) is 3.77. The van der Waals surface area contributed by atoms with Gasteiger partial charge in [0.2, 0.25) is 0 Å². The number of thiazole rings is 1. The maximum absolute atomic E-state index is 13.7. The molecule has 4 rings (SSSR count). The van der Waals surface area contributed by atoms with E-state index in [9.17, 15) is 9.59 Å². The highest BCUT2D eigenvalue weighted by Crippen LogP contribution is 2.31. The van der Waals surface area contributed by atoms with E-state index in [1.165, 1.54) is 11.3 Å². The third-order valence-corrected chi connectivity index (χ3v) is 7.20. The van der Waals surface area contributed by atoms with Crippen molar-refractivity contribution >= 4 is 45.0 Å². The predicted octanol–water partition coefficient (Wildman–Crippen LogP) is 3.64. The van der Waals surface area contributed by atoms with Crippen LogP contribution in [0.2, 0.25) is 0 Å². The number of halogens is 1. The fourth-order valence-electron chi connectivity index (χ4n) is 4.02. The first-order valence-electron chi connectivity index (χ1n) is 11.1. The number of anilines is 1. The highest BCUT2D eigenvalue weighted by atomic mass is 79.9. The van der Waals surface area contributed by atoms with E-state index < -0.39 is 12.0 Å². The van der Waals surface area contributed by atoms with E-state index >= 15 is 0 Å². The molecule has 0 unspecified atom stereocenters. The Morgan fingerprint density at radius 3 is 2.57 bits per heavy atom. The summed E-state index contributed by atoms with van der Waals surface area (Å²) in [4.78, 5) is 33.9. The number of allylic oxidation sites excluding steroid dienone is 1. The van der Waals surface area contributed by atoms with Gasteiger partial charge in [0.25, 0.3) is 5.56 Å². The molecule has 3 aromatic rings. The Hall–Kier alpha value is -3.17. The molecular formula is C26H26BrN3O4S. The zero-order valence-corrected chi connectivity index (χ0v) is 22.6. The van der Waals surface area contributed by atoms with Crippen molar-refractivity contribution in [2.75, 3.05) is 32.7 Å². The first-order chi connectivity index (χ1) is 16.7. The van der Waals surface area contributed by atoms with Crippen LogP contribution in [0.25, 0.3) is 6.08 Å². The summed E-state index contributed by atoms with van der Waals surface area (Å²) in [6, 6.07) is 12.8. The van der Waals surface area contributed by atoms with Crippen LogP contribution in [-0.4, -0.2) is 38.3 Å². The zero-order chi connectivity index (χ0) is 25.3. The summed E-state index contributed by atoms with van der Waals surface area (Å²) >= 11 is 4.76. The topological polar surface area (TPSA) is 73.1 Å². The van der Waals surface area contributed by atoms with Gasteiger partial charge in [0, 0.05) is 29.8 Å². The molecule has 9 heteroatoms. The van der Waals surface area contributed by atoms with Crippen LogP contribution in [0, 0.1) is 0 Å². The van der Waals surface area contributed by atoms with E-state index in [1.54, 1.807) is 31.6 Å². The lowest BCUT2D eigenvalue weighted by molar-refractivity contribution is -0.139. The lowest BCUT2D eigenvalue weighted by Gasteiger charge is -2.25. The number of nitrogens with zero attached hydrogens (tertiary/aromatic N) is 3. The van der Waals surface area contributed by atoms with Crippen LogP contribution < -0.4 is 24.5 Å². The molecule has 2 heterocycles. The van der Waals surface area contributed by atoms with Crippen molar-refractivity contribution in [2.45, 2.75) is 19.9 Å². The van der Waals surface area contributed by atoms with E-state index in [2.05, 4.69) is 20.9 Å². The van der Waals surface area contributed by atoms with Crippen LogP contribution in [0.1, 0.15) is 31.0 Å². The Kier molecular flexibility index (Phi) is 7.28. The quantitative estimate of drug-likeness (QED) is 0.434. The van der Waals surface area contributed by atoms with Gasteiger partial charge in [0.05, 0.1) is 35.6 Å². The number of methoxy groups -OCH3 is 1. The second-order valence-electron chi connectivity index (χ2n) is 8.17. The molecule has 0 aliphatic carbocycles. The number of rotatable bonds is 6. The van der Waals surface area contributed by atoms with Gasteiger partial charge in [-0.3, -0.25) is 9.36 Å². The summed E-state index contributed by atoms with van der Waals surface area (Å²) in [6.07, 6.45) is 1.79. The number of carbonyl (C=O) groups is 1. The summed E-state index contributed by atoms with van der Waals surface area (Å²) in [5.41, 5.74) is 3.26. The van der Waals surface area contributed by atoms with E-state index in [1.807, 2.05) is 61.5 Å². The third kappa shape index (κ3) is 4.83. The molecule has 0 spiro atoms. The lowest BCUT2D eigenvalue weighted by Crippen LogP contribution is -2.40. The molecule has 0 N–H and O–H groups in total. The van der Waals surface area contributed by atoms with E-state index in [4.69, 9.17) is 9.47 Å². The van der Waals surface area contributed by atoms with Gasteiger partial charge in [-0.1, -0.05) is 39.4 Å². The highest BCUT2D eigenvalue weighted by Gasteiger charge is 2.33. The first kappa shape index (κ1) is 24.9. The molecule has 1 atom stereocenters. The van der Waals surface area contributed by atoms with Crippen molar-refractivity contribution < 1.29 is 14.3 Å². The SMILES string of the molecule is CCOC(=O)C1=C(C)N=c2sc(=Cc3cc(Br)ccc3OC)c(=O)n2[C@H]1c1ccc(N(C)C)cc1. The average Bonchev–Trinajstić information content (AvgIpc) is 3.13. The minimum atomic E-state index is -0.645. The molecule has 0 bridgehead atoms. The van der Waals surface area contributed by atoms with Gasteiger partial charge in [0.1, 0.15) is 5.75 Å². The molecule has 0 saturated heterocycles. The monoisotopic (exact) mass is 555 g/mol. The van der Waals surface area contributed by atoms with Crippen LogP contribution in [0.4, 0.5) is 5.69 Å². The maximum Gasteiger partial charge on any atom is 0.338 e. The van der Waals surface area contributed by atoms with Gasteiger partial charge in [-0.05, 0) is 55.8 Å². The third-order valence-electron chi connectivity index (χ3n) is 5.72. The van der Waals surface area contributed by atoms with Gasteiger partial charge < -0.3 is 14.4 Å². The Balaban J connectivity index is 1.95. The maximum atomic E-state index is 13.7. The van der Waals surface area contributed by atoms with Crippen molar-refractivity contribution in [1.29, 1.82) is 0 Å². The number of carbonyl (C=O) groups excluding carboxylic acids is 1. The van der Waals surface area contributed by atoms with Gasteiger partial charge >= 0.3 is 5.97 Å². The van der Waals surface area contributed by atoms with Crippen LogP contribution in [0.15, 0.2) is 68.0 Å². The Labute approximate surface area is 215 Å². The number of benzene rings is 2. The number of ether oxygens (including phenoxy) is 2. The van der Waals surface area contributed by atoms with Crippen molar-refractivity contribution in [1.82, 2.24) is 4.57 Å². The zero-order valence-electron chi connectivity index (χ0n) is 20.2. The summed E-state index contributed by atoms with van der Waals surface area (Å²) in [5.74, 6) is 0.177. The Morgan fingerprint density at radius 2 is 1.94 bits per heavy atom. The standard InChI is InChI=1S/C26H26BrN3O4S/c1-6-34-25(32)22-15(2)28-26-30(23(22)16-7-10-19(11-8-16)29(3)4)24(31)21(35-26)14-17-13-18(27)9-12-20(17)33-5/h7-14,23H,6H2,1-5H3/t23-/m0/s1. The normalized spacial score (nSPS) is 15.5. The average molecular weight is 556 g/mol. The highest BCUT2D eigenvalue weighted by molar-refractivity contribution is 9.10. The molecule has 1 aliphatic heterocycles. The number of hydrogen-bond acceptors (Lipinski definition) is 7. The molecule has 35 heavy (non-hydrogen) atoms. The van der Waals surface area contributed by atoms with Crippen molar-refractivity contribution in [2.24, 2.45) is 4.99 Å². The molecule has 1 aromatic heterocycles. The summed E-state index contributed by atoms with van der Waals surface area (Å²) in [5, 5.41) is 0. The van der Waals surface area contributed by atoms with Gasteiger partial charge in [0.15, 0.2) is 4.80 Å². The van der Waals surface area contributed by atoms with Gasteiger partial charge in [-0.25, -0.2) is 9.79 Å². The van der Waals surface area contributed by atoms with Gasteiger partial charge in [-0.15, -0.1) is 0 Å². The van der Waals surface area contributed by atoms with Crippen LogP contribution in [0.5, 0.6) is 5.75 Å². The van der Waals surface area contributed by atoms with Crippen LogP contribution in [-0.2, 0) is 9.53 Å². The van der Waals surface area contributed by atoms with Crippen LogP contribution in [0.3, 0.4) is 0 Å². The minimum absolute atomic E-state index is 0.230. The number of aromatic nitrogens is 1. The van der Waals surface area contributed by atoms with Crippen molar-refractivity contribution in [3.05, 3.63) is 89.0 Å². The molecule has 1 aliphatic rings. The molecule has 0 radical (unpaired) electrons. The molecule has 0 saturated carbocycles. The second-order valence-corrected chi connectivity index (χ2v) is 10.1. The number of esters is 1. The summed E-state index contributed by atoms with van der Waals surface area (Å²) < 4.78 is 13.8. The smallest absolute Gasteiger partial charge is 0.338 e. The van der Waals surface area contributed by atoms with E-state index in [0.29, 0.717) is 26.4 Å². The number of fused-ring (bicyclic) bond motifs is 1. The largest absolute Gasteiger partial charge is 0.496 e. The fraction of sp³-hybridized carbons (Fsp3) is 0.269. The van der Waals surface area contributed by atoms with Crippen molar-refractivity contribution in [3.8, 4) is 5.75 Å².